The predicted octanol–water partition coefficient (Wildman–Crippen LogP) is 8.04. The highest BCUT2D eigenvalue weighted by Crippen LogP contribution is 2.47. The van der Waals surface area contributed by atoms with Crippen LogP contribution in [-0.4, -0.2) is 59.6 Å². The minimum Gasteiger partial charge on any atom is -0.381 e. The summed E-state index contributed by atoms with van der Waals surface area (Å²) in [6.07, 6.45) is 4.64. The molecular weight excluding hydrogens is 657 g/mol. The van der Waals surface area contributed by atoms with E-state index in [2.05, 4.69) is 33.2 Å². The van der Waals surface area contributed by atoms with E-state index >= 15 is 0 Å². The van der Waals surface area contributed by atoms with Crippen LogP contribution < -0.4 is 15.1 Å². The molecule has 3 aromatic carbocycles. The van der Waals surface area contributed by atoms with Crippen molar-refractivity contribution in [1.82, 2.24) is 15.0 Å². The molecule has 3 aromatic heterocycles. The number of ether oxygens (including phenoxy) is 1. The summed E-state index contributed by atoms with van der Waals surface area (Å²) >= 11 is 1.73. The van der Waals surface area contributed by atoms with Gasteiger partial charge in [0.05, 0.1) is 27.2 Å². The SMILES string of the molecule is Cc1cnc(N2CC3(CCOCC3)C2)c(C(=O)Nc2ccc(C(=O)N3CCc4c(sc(-c5nc6ccccc6[nH]5)c4C)-c4ccccc43)cc2)c1. The lowest BCUT2D eigenvalue weighted by atomic mass is 9.73. The maximum Gasteiger partial charge on any atom is 0.259 e. The van der Waals surface area contributed by atoms with Crippen LogP contribution in [0.1, 0.15) is 50.2 Å². The Labute approximate surface area is 300 Å². The molecule has 2 amide bonds. The molecule has 0 bridgehead atoms. The van der Waals surface area contributed by atoms with Gasteiger partial charge in [-0.1, -0.05) is 30.3 Å². The lowest BCUT2D eigenvalue weighted by molar-refractivity contribution is -0.000510. The van der Waals surface area contributed by atoms with Gasteiger partial charge in [-0.25, -0.2) is 9.97 Å². The highest BCUT2D eigenvalue weighted by atomic mass is 32.1. The van der Waals surface area contributed by atoms with Gasteiger partial charge in [-0.15, -0.1) is 11.3 Å². The van der Waals surface area contributed by atoms with Crippen LogP contribution in [-0.2, 0) is 11.2 Å². The van der Waals surface area contributed by atoms with Crippen molar-refractivity contribution in [3.8, 4) is 21.1 Å². The normalized spacial score (nSPS) is 16.4. The Morgan fingerprint density at radius 1 is 0.941 bits per heavy atom. The number of carbonyl (C=O) groups is 2. The molecule has 6 heterocycles. The topological polar surface area (TPSA) is 103 Å². The zero-order valence-electron chi connectivity index (χ0n) is 28.7. The quantitative estimate of drug-likeness (QED) is 0.189. The van der Waals surface area contributed by atoms with Gasteiger partial charge in [-0.3, -0.25) is 9.59 Å². The van der Waals surface area contributed by atoms with Gasteiger partial charge in [-0.05, 0) is 98.3 Å². The van der Waals surface area contributed by atoms with Gasteiger partial charge in [-0.2, -0.15) is 0 Å². The molecule has 0 saturated carbocycles. The number of amides is 2. The third kappa shape index (κ3) is 5.59. The fraction of sp³-hybridized carbons (Fsp3) is 0.268. The number of hydrogen-bond acceptors (Lipinski definition) is 7. The number of H-pyrrole nitrogens is 1. The smallest absolute Gasteiger partial charge is 0.259 e. The van der Waals surface area contributed by atoms with E-state index in [9.17, 15) is 9.59 Å². The Hall–Kier alpha value is -5.32. The fourth-order valence-electron chi connectivity index (χ4n) is 7.87. The number of pyridine rings is 1. The molecule has 0 atom stereocenters. The van der Waals surface area contributed by atoms with Crippen LogP contribution >= 0.6 is 11.3 Å². The Balaban J connectivity index is 0.939. The maximum atomic E-state index is 14.1. The Kier molecular flexibility index (Phi) is 7.74. The molecular formula is C41H38N6O3S. The monoisotopic (exact) mass is 694 g/mol. The lowest BCUT2D eigenvalue weighted by Gasteiger charge is -2.53. The molecule has 3 aliphatic rings. The number of rotatable bonds is 5. The van der Waals surface area contributed by atoms with Crippen molar-refractivity contribution in [1.29, 1.82) is 0 Å². The van der Waals surface area contributed by atoms with Crippen LogP contribution in [0.15, 0.2) is 85.1 Å². The molecule has 51 heavy (non-hydrogen) atoms. The van der Waals surface area contributed by atoms with E-state index in [0.717, 1.165) is 89.9 Å². The number of benzene rings is 3. The number of imidazole rings is 1. The third-order valence-corrected chi connectivity index (χ3v) is 12.1. The van der Waals surface area contributed by atoms with E-state index in [1.807, 2.05) is 66.6 Å². The average molecular weight is 695 g/mol. The average Bonchev–Trinajstić information content (AvgIpc) is 3.67. The molecule has 9 rings (SSSR count). The van der Waals surface area contributed by atoms with E-state index in [4.69, 9.17) is 9.72 Å². The zero-order valence-corrected chi connectivity index (χ0v) is 29.5. The maximum absolute atomic E-state index is 14.1. The third-order valence-electron chi connectivity index (χ3n) is 10.7. The highest BCUT2D eigenvalue weighted by Gasteiger charge is 2.45. The van der Waals surface area contributed by atoms with Crippen molar-refractivity contribution >= 4 is 51.4 Å². The van der Waals surface area contributed by atoms with Crippen molar-refractivity contribution in [2.75, 3.05) is 48.0 Å². The number of nitrogens with zero attached hydrogens (tertiary/aromatic N) is 4. The lowest BCUT2D eigenvalue weighted by Crippen LogP contribution is -2.59. The van der Waals surface area contributed by atoms with Crippen LogP contribution in [0.3, 0.4) is 0 Å². The number of para-hydroxylation sites is 3. The summed E-state index contributed by atoms with van der Waals surface area (Å²) in [5, 5.41) is 3.06. The van der Waals surface area contributed by atoms with Crippen LogP contribution in [0, 0.1) is 19.3 Å². The van der Waals surface area contributed by atoms with Crippen LogP contribution in [0.5, 0.6) is 0 Å². The number of hydrogen-bond donors (Lipinski definition) is 2. The number of aromatic nitrogens is 3. The number of anilines is 3. The number of thiophene rings is 1. The first-order valence-electron chi connectivity index (χ1n) is 17.6. The second-order valence-corrected chi connectivity index (χ2v) is 15.1. The first kappa shape index (κ1) is 31.6. The Morgan fingerprint density at radius 3 is 2.51 bits per heavy atom. The zero-order chi connectivity index (χ0) is 34.7. The largest absolute Gasteiger partial charge is 0.381 e. The molecule has 1 spiro atoms. The van der Waals surface area contributed by atoms with E-state index in [0.29, 0.717) is 23.4 Å². The van der Waals surface area contributed by atoms with Gasteiger partial charge >= 0.3 is 0 Å². The molecule has 256 valence electrons. The van der Waals surface area contributed by atoms with Crippen molar-refractivity contribution in [3.05, 3.63) is 113 Å². The standard InChI is InChI=1S/C41H38N6O3S/c1-25-21-31(38(42-22-25)46-23-41(24-46)16-19-50-20-17-41)39(48)43-28-13-11-27(12-14-28)40(49)47-18-15-29-26(2)35(37-44-32-8-4-5-9-33(32)45-37)51-36(29)30-7-3-6-10-34(30)47/h3-14,21-22H,15-20,23-24H2,1-2H3,(H,43,48)(H,44,45). The Bertz CT molecular complexity index is 2280. The number of fused-ring (bicyclic) bond motifs is 4. The summed E-state index contributed by atoms with van der Waals surface area (Å²) in [5.41, 5.74) is 9.30. The number of carbonyl (C=O) groups excluding carboxylic acids is 2. The van der Waals surface area contributed by atoms with E-state index in [1.54, 1.807) is 35.6 Å². The van der Waals surface area contributed by atoms with Gasteiger partial charge in [0.1, 0.15) is 11.6 Å². The van der Waals surface area contributed by atoms with Gasteiger partial charge in [0.25, 0.3) is 11.8 Å². The first-order chi connectivity index (χ1) is 24.9. The minimum atomic E-state index is -0.210. The number of aromatic amines is 1. The molecule has 6 aromatic rings. The highest BCUT2D eigenvalue weighted by molar-refractivity contribution is 7.19. The summed E-state index contributed by atoms with van der Waals surface area (Å²) in [4.78, 5) is 47.3. The van der Waals surface area contributed by atoms with Crippen molar-refractivity contribution in [2.24, 2.45) is 5.41 Å². The molecule has 2 saturated heterocycles. The molecule has 0 aliphatic carbocycles. The van der Waals surface area contributed by atoms with Crippen LogP contribution in [0.4, 0.5) is 17.2 Å². The second kappa shape index (κ2) is 12.5. The Morgan fingerprint density at radius 2 is 1.71 bits per heavy atom. The van der Waals surface area contributed by atoms with Crippen LogP contribution in [0.2, 0.25) is 0 Å². The summed E-state index contributed by atoms with van der Waals surface area (Å²) in [7, 11) is 0. The van der Waals surface area contributed by atoms with Crippen LogP contribution in [0.25, 0.3) is 32.2 Å². The van der Waals surface area contributed by atoms with Crippen molar-refractivity contribution in [3.63, 3.8) is 0 Å². The number of nitrogens with one attached hydrogen (secondary N) is 2. The van der Waals surface area contributed by atoms with E-state index < -0.39 is 0 Å². The van der Waals surface area contributed by atoms with E-state index in [-0.39, 0.29) is 17.2 Å². The van der Waals surface area contributed by atoms with Gasteiger partial charge in [0.15, 0.2) is 0 Å². The molecule has 0 unspecified atom stereocenters. The molecule has 10 heteroatoms. The summed E-state index contributed by atoms with van der Waals surface area (Å²) in [6.45, 7) is 8.03. The summed E-state index contributed by atoms with van der Waals surface area (Å²) in [5.74, 6) is 1.31. The van der Waals surface area contributed by atoms with Gasteiger partial charge < -0.3 is 24.8 Å². The van der Waals surface area contributed by atoms with Crippen molar-refractivity contribution in [2.45, 2.75) is 33.1 Å². The van der Waals surface area contributed by atoms with Gasteiger partial charge in [0, 0.05) is 66.2 Å². The van der Waals surface area contributed by atoms with E-state index in [1.165, 1.54) is 16.0 Å². The number of aryl methyl sites for hydroxylation is 1. The minimum absolute atomic E-state index is 0.0735. The molecule has 3 aliphatic heterocycles. The van der Waals surface area contributed by atoms with Gasteiger partial charge in [0.2, 0.25) is 0 Å². The molecule has 9 nitrogen and oxygen atoms in total. The summed E-state index contributed by atoms with van der Waals surface area (Å²) in [6, 6.07) is 25.4. The predicted molar refractivity (Wildman–Crippen MR) is 203 cm³/mol. The molecule has 2 fully saturated rings. The molecule has 0 radical (unpaired) electrons. The first-order valence-corrected chi connectivity index (χ1v) is 18.4. The summed E-state index contributed by atoms with van der Waals surface area (Å²) < 4.78 is 5.58. The fourth-order valence-corrected chi connectivity index (χ4v) is 9.21. The molecule has 2 N–H and O–H groups in total. The second-order valence-electron chi connectivity index (χ2n) is 14.1. The van der Waals surface area contributed by atoms with Crippen molar-refractivity contribution < 1.29 is 14.3 Å².